The van der Waals surface area contributed by atoms with Gasteiger partial charge >= 0.3 is 5.97 Å². The molecule has 16 heavy (non-hydrogen) atoms. The number of H-pyrrole nitrogens is 1. The van der Waals surface area contributed by atoms with Gasteiger partial charge in [0.25, 0.3) is 0 Å². The van der Waals surface area contributed by atoms with Gasteiger partial charge in [-0.05, 0) is 6.42 Å². The Morgan fingerprint density at radius 1 is 1.62 bits per heavy atom. The molecule has 0 aliphatic heterocycles. The number of carbonyl (C=O) groups is 1. The fraction of sp³-hybridized carbons (Fsp3) is 0.364. The van der Waals surface area contributed by atoms with Crippen molar-refractivity contribution in [2.45, 2.75) is 19.8 Å². The Morgan fingerprint density at radius 3 is 3.12 bits per heavy atom. The minimum atomic E-state index is -0.693. The summed E-state index contributed by atoms with van der Waals surface area (Å²) in [5.41, 5.74) is 0.341. The summed E-state index contributed by atoms with van der Waals surface area (Å²) < 4.78 is 23.4. The van der Waals surface area contributed by atoms with Crippen LogP contribution in [-0.4, -0.2) is 17.6 Å². The molecule has 5 heteroatoms. The molecule has 0 amide bonds. The van der Waals surface area contributed by atoms with E-state index in [0.29, 0.717) is 12.1 Å². The number of fused-ring (bicyclic) bond motifs is 1. The number of carbonyl (C=O) groups excluding carboxylic acids is 1. The Balaban J connectivity index is 2.16. The average Bonchev–Trinajstić information content (AvgIpc) is 2.82. The van der Waals surface area contributed by atoms with E-state index in [4.69, 9.17) is 9.15 Å². The summed E-state index contributed by atoms with van der Waals surface area (Å²) in [6.45, 7) is 2.28. The Kier molecular flexibility index (Phi) is 2.94. The van der Waals surface area contributed by atoms with Crippen molar-refractivity contribution in [3.05, 3.63) is 23.8 Å². The second-order valence-electron chi connectivity index (χ2n) is 3.47. The van der Waals surface area contributed by atoms with Crippen LogP contribution < -0.4 is 0 Å². The molecule has 0 aliphatic rings. The number of aromatic amines is 1. The van der Waals surface area contributed by atoms with Gasteiger partial charge in [0, 0.05) is 6.07 Å². The van der Waals surface area contributed by atoms with Gasteiger partial charge in [0.05, 0.1) is 18.4 Å². The number of nitrogens with one attached hydrogen (secondary N) is 1. The summed E-state index contributed by atoms with van der Waals surface area (Å²) in [5.74, 6) is -1.38. The summed E-state index contributed by atoms with van der Waals surface area (Å²) in [6.07, 6.45) is 3.05. The first-order valence-electron chi connectivity index (χ1n) is 5.15. The third-order valence-corrected chi connectivity index (χ3v) is 2.28. The number of unbranched alkanes of at least 4 members (excludes halogenated alkanes) is 1. The first-order chi connectivity index (χ1) is 7.74. The number of halogens is 1. The maximum Gasteiger partial charge on any atom is 0.357 e. The second kappa shape index (κ2) is 4.38. The minimum Gasteiger partial charge on any atom is -0.461 e. The molecule has 0 saturated heterocycles. The molecule has 0 aliphatic carbocycles. The van der Waals surface area contributed by atoms with E-state index < -0.39 is 11.8 Å². The van der Waals surface area contributed by atoms with E-state index >= 15 is 0 Å². The van der Waals surface area contributed by atoms with Crippen LogP contribution in [0.5, 0.6) is 0 Å². The number of hydrogen-bond acceptors (Lipinski definition) is 3. The number of esters is 1. The normalized spacial score (nSPS) is 10.9. The van der Waals surface area contributed by atoms with Crippen molar-refractivity contribution in [2.75, 3.05) is 6.61 Å². The molecule has 0 radical (unpaired) electrons. The molecule has 0 unspecified atom stereocenters. The molecule has 0 saturated carbocycles. The molecule has 0 aromatic carbocycles. The maximum atomic E-state index is 13.6. The van der Waals surface area contributed by atoms with Crippen LogP contribution in [0.1, 0.15) is 30.3 Å². The lowest BCUT2D eigenvalue weighted by molar-refractivity contribution is 0.0488. The number of furan rings is 1. The van der Waals surface area contributed by atoms with Crippen LogP contribution in [0.2, 0.25) is 0 Å². The van der Waals surface area contributed by atoms with E-state index in [1.165, 1.54) is 6.26 Å². The molecule has 0 bridgehead atoms. The number of ether oxygens (including phenoxy) is 1. The van der Waals surface area contributed by atoms with Crippen LogP contribution >= 0.6 is 0 Å². The van der Waals surface area contributed by atoms with Gasteiger partial charge in [-0.25, -0.2) is 9.18 Å². The molecule has 2 aromatic heterocycles. The topological polar surface area (TPSA) is 55.2 Å². The second-order valence-corrected chi connectivity index (χ2v) is 3.47. The monoisotopic (exact) mass is 225 g/mol. The summed E-state index contributed by atoms with van der Waals surface area (Å²) in [5, 5.41) is 0. The molecule has 0 atom stereocenters. The standard InChI is InChI=1S/C11H12FNO3/c1-2-3-5-16-11(14)9-8(12)10-7(13-9)4-6-15-10/h4,6,13H,2-3,5H2,1H3. The summed E-state index contributed by atoms with van der Waals surface area (Å²) >= 11 is 0. The van der Waals surface area contributed by atoms with Gasteiger partial charge in [-0.2, -0.15) is 0 Å². The molecule has 2 aromatic rings. The van der Waals surface area contributed by atoms with E-state index in [-0.39, 0.29) is 11.3 Å². The van der Waals surface area contributed by atoms with E-state index in [1.807, 2.05) is 6.92 Å². The highest BCUT2D eigenvalue weighted by atomic mass is 19.1. The number of rotatable bonds is 4. The van der Waals surface area contributed by atoms with Gasteiger partial charge in [-0.3, -0.25) is 0 Å². The lowest BCUT2D eigenvalue weighted by Crippen LogP contribution is -2.08. The van der Waals surface area contributed by atoms with Crippen LogP contribution in [0, 0.1) is 5.82 Å². The van der Waals surface area contributed by atoms with Crippen molar-refractivity contribution >= 4 is 17.1 Å². The van der Waals surface area contributed by atoms with E-state index in [9.17, 15) is 9.18 Å². The first-order valence-corrected chi connectivity index (χ1v) is 5.15. The summed E-state index contributed by atoms with van der Waals surface area (Å²) in [7, 11) is 0. The summed E-state index contributed by atoms with van der Waals surface area (Å²) in [6, 6.07) is 1.56. The first kappa shape index (κ1) is 10.7. The Morgan fingerprint density at radius 2 is 2.44 bits per heavy atom. The minimum absolute atomic E-state index is 0.0578. The fourth-order valence-corrected chi connectivity index (χ4v) is 1.40. The van der Waals surface area contributed by atoms with Crippen molar-refractivity contribution in [1.29, 1.82) is 0 Å². The average molecular weight is 225 g/mol. The van der Waals surface area contributed by atoms with Crippen molar-refractivity contribution in [3.8, 4) is 0 Å². The number of aromatic nitrogens is 1. The maximum absolute atomic E-state index is 13.6. The highest BCUT2D eigenvalue weighted by Crippen LogP contribution is 2.22. The largest absolute Gasteiger partial charge is 0.461 e. The van der Waals surface area contributed by atoms with Crippen LogP contribution in [0.25, 0.3) is 11.1 Å². The zero-order valence-electron chi connectivity index (χ0n) is 8.88. The molecule has 2 rings (SSSR count). The Bertz CT molecular complexity index is 500. The van der Waals surface area contributed by atoms with E-state index in [1.54, 1.807) is 6.07 Å². The molecule has 2 heterocycles. The van der Waals surface area contributed by atoms with Gasteiger partial charge in [0.2, 0.25) is 0 Å². The molecule has 4 nitrogen and oxygen atoms in total. The molecule has 1 N–H and O–H groups in total. The van der Waals surface area contributed by atoms with Crippen LogP contribution in [0.3, 0.4) is 0 Å². The van der Waals surface area contributed by atoms with E-state index in [0.717, 1.165) is 12.8 Å². The van der Waals surface area contributed by atoms with Gasteiger partial charge in [-0.15, -0.1) is 0 Å². The SMILES string of the molecule is CCCCOC(=O)c1[nH]c2ccoc2c1F. The Hall–Kier alpha value is -1.78. The highest BCUT2D eigenvalue weighted by molar-refractivity contribution is 5.93. The molecule has 0 fully saturated rings. The van der Waals surface area contributed by atoms with Gasteiger partial charge in [0.1, 0.15) is 0 Å². The van der Waals surface area contributed by atoms with Crippen molar-refractivity contribution in [2.24, 2.45) is 0 Å². The summed E-state index contributed by atoms with van der Waals surface area (Å²) in [4.78, 5) is 14.1. The number of hydrogen-bond donors (Lipinski definition) is 1. The van der Waals surface area contributed by atoms with Crippen LogP contribution in [0.4, 0.5) is 4.39 Å². The Labute approximate surface area is 91.4 Å². The molecule has 0 spiro atoms. The van der Waals surface area contributed by atoms with Crippen molar-refractivity contribution < 1.29 is 18.3 Å². The van der Waals surface area contributed by atoms with Gasteiger partial charge < -0.3 is 14.1 Å². The predicted octanol–water partition coefficient (Wildman–Crippen LogP) is 2.86. The third kappa shape index (κ3) is 1.80. The smallest absolute Gasteiger partial charge is 0.357 e. The third-order valence-electron chi connectivity index (χ3n) is 2.28. The quantitative estimate of drug-likeness (QED) is 0.643. The lowest BCUT2D eigenvalue weighted by Gasteiger charge is -2.01. The predicted molar refractivity (Wildman–Crippen MR) is 55.7 cm³/mol. The van der Waals surface area contributed by atoms with Gasteiger partial charge in [0.15, 0.2) is 17.1 Å². The lowest BCUT2D eigenvalue weighted by atomic mass is 10.3. The zero-order valence-corrected chi connectivity index (χ0v) is 8.88. The fourth-order valence-electron chi connectivity index (χ4n) is 1.40. The van der Waals surface area contributed by atoms with Crippen molar-refractivity contribution in [3.63, 3.8) is 0 Å². The van der Waals surface area contributed by atoms with Crippen LogP contribution in [0.15, 0.2) is 16.7 Å². The van der Waals surface area contributed by atoms with E-state index in [2.05, 4.69) is 4.98 Å². The zero-order chi connectivity index (χ0) is 11.5. The molecular formula is C11H12FNO3. The molecular weight excluding hydrogens is 213 g/mol. The highest BCUT2D eigenvalue weighted by Gasteiger charge is 2.20. The van der Waals surface area contributed by atoms with Crippen molar-refractivity contribution in [1.82, 2.24) is 4.98 Å². The van der Waals surface area contributed by atoms with Gasteiger partial charge in [-0.1, -0.05) is 13.3 Å². The molecule has 86 valence electrons. The van der Waals surface area contributed by atoms with Crippen LogP contribution in [-0.2, 0) is 4.74 Å².